The van der Waals surface area contributed by atoms with Gasteiger partial charge < -0.3 is 10.4 Å². The van der Waals surface area contributed by atoms with Crippen molar-refractivity contribution in [3.8, 4) is 0 Å². The molecule has 0 aromatic heterocycles. The van der Waals surface area contributed by atoms with E-state index in [2.05, 4.69) is 5.32 Å². The maximum absolute atomic E-state index is 12.0. The summed E-state index contributed by atoms with van der Waals surface area (Å²) in [6.07, 6.45) is 1.52. The molecule has 0 radical (unpaired) electrons. The fourth-order valence-corrected chi connectivity index (χ4v) is 2.84. The number of carboxylic acids is 1. The molecule has 0 spiro atoms. The topological polar surface area (TPSA) is 66.4 Å². The molecule has 2 rings (SSSR count). The number of rotatable bonds is 3. The molecular weight excluding hydrogens is 289 g/mol. The molecular formula is C13H13Cl2NO3. The predicted octanol–water partition coefficient (Wildman–Crippen LogP) is 3.43. The average molecular weight is 302 g/mol. The molecule has 6 heteroatoms. The summed E-state index contributed by atoms with van der Waals surface area (Å²) >= 11 is 11.7. The smallest absolute Gasteiger partial charge is 0.306 e. The van der Waals surface area contributed by atoms with Gasteiger partial charge in [0.2, 0.25) is 5.91 Å². The third-order valence-corrected chi connectivity index (χ3v) is 3.72. The lowest BCUT2D eigenvalue weighted by atomic mass is 10.0. The van der Waals surface area contributed by atoms with Gasteiger partial charge in [-0.1, -0.05) is 23.2 Å². The van der Waals surface area contributed by atoms with E-state index in [1.165, 1.54) is 0 Å². The molecule has 1 aliphatic carbocycles. The van der Waals surface area contributed by atoms with Crippen LogP contribution in [0.25, 0.3) is 0 Å². The third kappa shape index (κ3) is 3.61. The van der Waals surface area contributed by atoms with E-state index < -0.39 is 11.9 Å². The minimum atomic E-state index is -0.832. The second-order valence-electron chi connectivity index (χ2n) is 4.69. The molecule has 1 aliphatic rings. The molecule has 4 nitrogen and oxygen atoms in total. The van der Waals surface area contributed by atoms with Crippen molar-refractivity contribution >= 4 is 40.8 Å². The van der Waals surface area contributed by atoms with E-state index in [9.17, 15) is 9.59 Å². The Balaban J connectivity index is 2.00. The Morgan fingerprint density at radius 2 is 1.68 bits per heavy atom. The van der Waals surface area contributed by atoms with Crippen LogP contribution in [0.4, 0.5) is 5.69 Å². The first-order valence-corrected chi connectivity index (χ1v) is 6.71. The zero-order chi connectivity index (χ0) is 14.0. The molecule has 0 saturated heterocycles. The van der Waals surface area contributed by atoms with Crippen molar-refractivity contribution in [3.05, 3.63) is 28.2 Å². The van der Waals surface area contributed by atoms with E-state index in [4.69, 9.17) is 28.3 Å². The molecule has 1 saturated carbocycles. The van der Waals surface area contributed by atoms with Crippen LogP contribution in [0.3, 0.4) is 0 Å². The molecule has 2 N–H and O–H groups in total. The Hall–Kier alpha value is -1.26. The maximum atomic E-state index is 12.0. The van der Waals surface area contributed by atoms with Crippen molar-refractivity contribution in [1.82, 2.24) is 0 Å². The van der Waals surface area contributed by atoms with Crippen molar-refractivity contribution < 1.29 is 14.7 Å². The first kappa shape index (κ1) is 14.2. The zero-order valence-corrected chi connectivity index (χ0v) is 11.5. The molecule has 1 amide bonds. The number of nitrogens with one attached hydrogen (secondary N) is 1. The molecule has 0 bridgehead atoms. The minimum Gasteiger partial charge on any atom is -0.481 e. The number of halogens is 2. The van der Waals surface area contributed by atoms with Crippen LogP contribution < -0.4 is 5.32 Å². The van der Waals surface area contributed by atoms with Crippen molar-refractivity contribution in [1.29, 1.82) is 0 Å². The molecule has 0 aliphatic heterocycles. The standard InChI is InChI=1S/C13H13Cl2NO3/c14-9-4-10(15)6-11(5-9)16-12(17)7-1-2-8(3-7)13(18)19/h4-8H,1-3H2,(H,16,17)(H,18,19)/t7-,8+/m1/s1. The fraction of sp³-hybridized carbons (Fsp3) is 0.385. The Kier molecular flexibility index (Phi) is 4.32. The molecule has 0 heterocycles. The Morgan fingerprint density at radius 1 is 1.11 bits per heavy atom. The monoisotopic (exact) mass is 301 g/mol. The largest absolute Gasteiger partial charge is 0.481 e. The van der Waals surface area contributed by atoms with Gasteiger partial charge in [-0.3, -0.25) is 9.59 Å². The molecule has 19 heavy (non-hydrogen) atoms. The summed E-state index contributed by atoms with van der Waals surface area (Å²) in [5, 5.41) is 12.5. The molecule has 0 unspecified atom stereocenters. The highest BCUT2D eigenvalue weighted by atomic mass is 35.5. The van der Waals surface area contributed by atoms with Crippen molar-refractivity contribution in [2.24, 2.45) is 11.8 Å². The molecule has 1 aromatic carbocycles. The first-order chi connectivity index (χ1) is 8.95. The Labute approximate surface area is 120 Å². The second-order valence-corrected chi connectivity index (χ2v) is 5.57. The SMILES string of the molecule is O=C(O)[C@H]1CC[C@@H](C(=O)Nc2cc(Cl)cc(Cl)c2)C1. The highest BCUT2D eigenvalue weighted by Crippen LogP contribution is 2.32. The molecule has 1 fully saturated rings. The van der Waals surface area contributed by atoms with Crippen LogP contribution in [0.1, 0.15) is 19.3 Å². The number of aliphatic carboxylic acids is 1. The summed E-state index contributed by atoms with van der Waals surface area (Å²) in [6, 6.07) is 4.79. The summed E-state index contributed by atoms with van der Waals surface area (Å²) in [4.78, 5) is 22.9. The molecule has 2 atom stereocenters. The minimum absolute atomic E-state index is 0.179. The van der Waals surface area contributed by atoms with Crippen LogP contribution in [-0.4, -0.2) is 17.0 Å². The molecule has 102 valence electrons. The average Bonchev–Trinajstić information content (AvgIpc) is 2.76. The number of benzene rings is 1. The van der Waals surface area contributed by atoms with E-state index >= 15 is 0 Å². The lowest BCUT2D eigenvalue weighted by molar-refractivity contribution is -0.141. The first-order valence-electron chi connectivity index (χ1n) is 5.95. The van der Waals surface area contributed by atoms with Gasteiger partial charge in [-0.2, -0.15) is 0 Å². The van der Waals surface area contributed by atoms with Gasteiger partial charge in [-0.05, 0) is 37.5 Å². The van der Waals surface area contributed by atoms with Gasteiger partial charge in [-0.25, -0.2) is 0 Å². The van der Waals surface area contributed by atoms with Crippen molar-refractivity contribution in [2.75, 3.05) is 5.32 Å². The van der Waals surface area contributed by atoms with E-state index in [1.807, 2.05) is 0 Å². The summed E-state index contributed by atoms with van der Waals surface area (Å²) in [6.45, 7) is 0. The van der Waals surface area contributed by atoms with E-state index in [-0.39, 0.29) is 11.8 Å². The summed E-state index contributed by atoms with van der Waals surface area (Å²) in [5.41, 5.74) is 0.529. The van der Waals surface area contributed by atoms with Gasteiger partial charge in [0.05, 0.1) is 5.92 Å². The number of amides is 1. The van der Waals surface area contributed by atoms with Crippen LogP contribution in [0.2, 0.25) is 10.0 Å². The number of hydrogen-bond donors (Lipinski definition) is 2. The third-order valence-electron chi connectivity index (χ3n) is 3.28. The van der Waals surface area contributed by atoms with Gasteiger partial charge in [0, 0.05) is 21.7 Å². The van der Waals surface area contributed by atoms with Gasteiger partial charge in [0.25, 0.3) is 0 Å². The van der Waals surface area contributed by atoms with E-state index in [1.54, 1.807) is 18.2 Å². The lowest BCUT2D eigenvalue weighted by Gasteiger charge is -2.11. The number of carbonyl (C=O) groups excluding carboxylic acids is 1. The van der Waals surface area contributed by atoms with E-state index in [0.717, 1.165) is 0 Å². The number of hydrogen-bond acceptors (Lipinski definition) is 2. The van der Waals surface area contributed by atoms with Gasteiger partial charge in [0.15, 0.2) is 0 Å². The summed E-state index contributed by atoms with van der Waals surface area (Å²) < 4.78 is 0. The normalized spacial score (nSPS) is 22.2. The van der Waals surface area contributed by atoms with Gasteiger partial charge >= 0.3 is 5.97 Å². The number of anilines is 1. The predicted molar refractivity (Wildman–Crippen MR) is 73.6 cm³/mol. The highest BCUT2D eigenvalue weighted by molar-refractivity contribution is 6.35. The highest BCUT2D eigenvalue weighted by Gasteiger charge is 2.33. The quantitative estimate of drug-likeness (QED) is 0.899. The molecule has 1 aromatic rings. The number of carbonyl (C=O) groups is 2. The van der Waals surface area contributed by atoms with Gasteiger partial charge in [-0.15, -0.1) is 0 Å². The van der Waals surface area contributed by atoms with Crippen LogP contribution in [0.5, 0.6) is 0 Å². The maximum Gasteiger partial charge on any atom is 0.306 e. The van der Waals surface area contributed by atoms with Crippen molar-refractivity contribution in [2.45, 2.75) is 19.3 Å². The van der Waals surface area contributed by atoms with Crippen LogP contribution in [-0.2, 0) is 9.59 Å². The Morgan fingerprint density at radius 3 is 2.21 bits per heavy atom. The van der Waals surface area contributed by atoms with E-state index in [0.29, 0.717) is 35.0 Å². The Bertz CT molecular complexity index is 498. The van der Waals surface area contributed by atoms with Crippen LogP contribution in [0.15, 0.2) is 18.2 Å². The van der Waals surface area contributed by atoms with Crippen LogP contribution in [0, 0.1) is 11.8 Å². The van der Waals surface area contributed by atoms with Gasteiger partial charge in [0.1, 0.15) is 0 Å². The number of carboxylic acid groups (broad SMARTS) is 1. The fourth-order valence-electron chi connectivity index (χ4n) is 2.31. The zero-order valence-electron chi connectivity index (χ0n) is 10.0. The van der Waals surface area contributed by atoms with Crippen molar-refractivity contribution in [3.63, 3.8) is 0 Å². The summed E-state index contributed by atoms with van der Waals surface area (Å²) in [5.74, 6) is -1.69. The lowest BCUT2D eigenvalue weighted by Crippen LogP contribution is -2.21. The second kappa shape index (κ2) is 5.80. The summed E-state index contributed by atoms with van der Waals surface area (Å²) in [7, 11) is 0. The van der Waals surface area contributed by atoms with Crippen LogP contribution >= 0.6 is 23.2 Å².